The van der Waals surface area contributed by atoms with Crippen molar-refractivity contribution in [1.29, 1.82) is 0 Å². The predicted octanol–water partition coefficient (Wildman–Crippen LogP) is 2.12. The maximum absolute atomic E-state index is 11.9. The lowest BCUT2D eigenvalue weighted by Crippen LogP contribution is -2.41. The summed E-state index contributed by atoms with van der Waals surface area (Å²) >= 11 is 0. The molecule has 1 aliphatic rings. The molecule has 5 nitrogen and oxygen atoms in total. The lowest BCUT2D eigenvalue weighted by molar-refractivity contribution is -0.123. The average molecular weight is 303 g/mol. The number of nitrogens with two attached hydrogens (primary N) is 1. The molecule has 5 heteroatoms. The number of nitrogens with zero attached hydrogens (tertiary/aromatic N) is 1. The van der Waals surface area contributed by atoms with E-state index in [2.05, 4.69) is 5.32 Å². The zero-order chi connectivity index (χ0) is 16.1. The monoisotopic (exact) mass is 303 g/mol. The van der Waals surface area contributed by atoms with Crippen molar-refractivity contribution >= 4 is 17.5 Å². The standard InChI is InChI=1S/C17H25N3O2/c1-3-5-15(18)17(22)19-12(2)13-7-9-14(10-8-13)20-11-4-6-16(20)21/h7-10,12,15H,3-6,11,18H2,1-2H3,(H,19,22). The molecule has 1 aromatic carbocycles. The highest BCUT2D eigenvalue weighted by Crippen LogP contribution is 2.23. The molecule has 120 valence electrons. The summed E-state index contributed by atoms with van der Waals surface area (Å²) in [5.41, 5.74) is 7.75. The molecule has 2 rings (SSSR count). The smallest absolute Gasteiger partial charge is 0.237 e. The Morgan fingerprint density at radius 3 is 2.59 bits per heavy atom. The van der Waals surface area contributed by atoms with E-state index in [0.717, 1.165) is 30.6 Å². The van der Waals surface area contributed by atoms with Gasteiger partial charge in [-0.2, -0.15) is 0 Å². The van der Waals surface area contributed by atoms with Gasteiger partial charge in [0.15, 0.2) is 0 Å². The number of amides is 2. The van der Waals surface area contributed by atoms with Gasteiger partial charge >= 0.3 is 0 Å². The highest BCUT2D eigenvalue weighted by molar-refractivity contribution is 5.95. The van der Waals surface area contributed by atoms with Crippen LogP contribution >= 0.6 is 0 Å². The highest BCUT2D eigenvalue weighted by Gasteiger charge is 2.22. The second kappa shape index (κ2) is 7.40. The van der Waals surface area contributed by atoms with Crippen molar-refractivity contribution in [1.82, 2.24) is 5.32 Å². The maximum Gasteiger partial charge on any atom is 0.237 e. The van der Waals surface area contributed by atoms with E-state index < -0.39 is 6.04 Å². The Kier molecular flexibility index (Phi) is 5.55. The molecule has 2 atom stereocenters. The van der Waals surface area contributed by atoms with Gasteiger partial charge in [-0.25, -0.2) is 0 Å². The Morgan fingerprint density at radius 1 is 1.36 bits per heavy atom. The van der Waals surface area contributed by atoms with Crippen LogP contribution in [-0.2, 0) is 9.59 Å². The van der Waals surface area contributed by atoms with E-state index in [1.54, 1.807) is 0 Å². The first-order valence-corrected chi connectivity index (χ1v) is 7.99. The fourth-order valence-corrected chi connectivity index (χ4v) is 2.71. The third-order valence-corrected chi connectivity index (χ3v) is 4.07. The van der Waals surface area contributed by atoms with Crippen LogP contribution in [0.4, 0.5) is 5.69 Å². The van der Waals surface area contributed by atoms with E-state index >= 15 is 0 Å². The predicted molar refractivity (Wildman–Crippen MR) is 87.5 cm³/mol. The largest absolute Gasteiger partial charge is 0.348 e. The van der Waals surface area contributed by atoms with Gasteiger partial charge in [0.05, 0.1) is 12.1 Å². The van der Waals surface area contributed by atoms with E-state index in [4.69, 9.17) is 5.73 Å². The molecule has 0 aliphatic carbocycles. The first-order valence-electron chi connectivity index (χ1n) is 7.99. The number of anilines is 1. The molecule has 1 saturated heterocycles. The third kappa shape index (κ3) is 3.85. The molecule has 0 bridgehead atoms. The lowest BCUT2D eigenvalue weighted by atomic mass is 10.1. The number of hydrogen-bond acceptors (Lipinski definition) is 3. The van der Waals surface area contributed by atoms with Crippen LogP contribution in [0.2, 0.25) is 0 Å². The van der Waals surface area contributed by atoms with Crippen LogP contribution in [0, 0.1) is 0 Å². The van der Waals surface area contributed by atoms with Crippen molar-refractivity contribution in [2.24, 2.45) is 5.73 Å². The second-order valence-electron chi connectivity index (χ2n) is 5.87. The first-order chi connectivity index (χ1) is 10.5. The summed E-state index contributed by atoms with van der Waals surface area (Å²) in [6.45, 7) is 4.73. The molecule has 22 heavy (non-hydrogen) atoms. The van der Waals surface area contributed by atoms with Crippen LogP contribution in [0.5, 0.6) is 0 Å². The van der Waals surface area contributed by atoms with Gasteiger partial charge in [-0.15, -0.1) is 0 Å². The van der Waals surface area contributed by atoms with Gasteiger partial charge in [-0.1, -0.05) is 25.5 Å². The topological polar surface area (TPSA) is 75.4 Å². The van der Waals surface area contributed by atoms with Gasteiger partial charge < -0.3 is 16.0 Å². The van der Waals surface area contributed by atoms with Gasteiger partial charge in [-0.3, -0.25) is 9.59 Å². The van der Waals surface area contributed by atoms with Crippen molar-refractivity contribution in [2.45, 2.75) is 51.6 Å². The SMILES string of the molecule is CCCC(N)C(=O)NC(C)c1ccc(N2CCCC2=O)cc1. The van der Waals surface area contributed by atoms with Gasteiger partial charge in [0.25, 0.3) is 0 Å². The summed E-state index contributed by atoms with van der Waals surface area (Å²) in [6.07, 6.45) is 3.13. The minimum Gasteiger partial charge on any atom is -0.348 e. The van der Waals surface area contributed by atoms with Crippen LogP contribution in [0.15, 0.2) is 24.3 Å². The molecular formula is C17H25N3O2. The molecule has 0 saturated carbocycles. The molecule has 1 aromatic rings. The molecule has 3 N–H and O–H groups in total. The maximum atomic E-state index is 11.9. The Morgan fingerprint density at radius 2 is 2.05 bits per heavy atom. The zero-order valence-electron chi connectivity index (χ0n) is 13.3. The molecule has 0 radical (unpaired) electrons. The zero-order valence-corrected chi connectivity index (χ0v) is 13.3. The fourth-order valence-electron chi connectivity index (χ4n) is 2.71. The fraction of sp³-hybridized carbons (Fsp3) is 0.529. The molecule has 2 amide bonds. The highest BCUT2D eigenvalue weighted by atomic mass is 16.2. The molecule has 0 spiro atoms. The van der Waals surface area contributed by atoms with Crippen LogP contribution in [0.1, 0.15) is 51.1 Å². The van der Waals surface area contributed by atoms with E-state index in [1.165, 1.54) is 0 Å². The van der Waals surface area contributed by atoms with E-state index in [-0.39, 0.29) is 17.9 Å². The van der Waals surface area contributed by atoms with Crippen molar-refractivity contribution in [3.05, 3.63) is 29.8 Å². The van der Waals surface area contributed by atoms with E-state index in [9.17, 15) is 9.59 Å². The minimum atomic E-state index is -0.450. The number of rotatable bonds is 6. The summed E-state index contributed by atoms with van der Waals surface area (Å²) < 4.78 is 0. The van der Waals surface area contributed by atoms with Gasteiger partial charge in [0, 0.05) is 18.7 Å². The molecule has 1 aliphatic heterocycles. The quantitative estimate of drug-likeness (QED) is 0.845. The number of hydrogen-bond donors (Lipinski definition) is 2. The van der Waals surface area contributed by atoms with Crippen LogP contribution < -0.4 is 16.0 Å². The van der Waals surface area contributed by atoms with Crippen molar-refractivity contribution in [3.8, 4) is 0 Å². The third-order valence-electron chi connectivity index (χ3n) is 4.07. The van der Waals surface area contributed by atoms with Crippen molar-refractivity contribution in [2.75, 3.05) is 11.4 Å². The molecule has 1 fully saturated rings. The van der Waals surface area contributed by atoms with Crippen molar-refractivity contribution < 1.29 is 9.59 Å². The normalized spacial score (nSPS) is 17.4. The van der Waals surface area contributed by atoms with Crippen LogP contribution in [0.25, 0.3) is 0 Å². The van der Waals surface area contributed by atoms with Gasteiger partial charge in [0.2, 0.25) is 11.8 Å². The van der Waals surface area contributed by atoms with Crippen molar-refractivity contribution in [3.63, 3.8) is 0 Å². The molecule has 1 heterocycles. The van der Waals surface area contributed by atoms with Crippen LogP contribution in [-0.4, -0.2) is 24.4 Å². The Bertz CT molecular complexity index is 527. The number of nitrogens with one attached hydrogen (secondary N) is 1. The van der Waals surface area contributed by atoms with E-state index in [1.807, 2.05) is 43.0 Å². The Labute approximate surface area is 131 Å². The number of carbonyl (C=O) groups excluding carboxylic acids is 2. The van der Waals surface area contributed by atoms with E-state index in [0.29, 0.717) is 12.8 Å². The number of benzene rings is 1. The summed E-state index contributed by atoms with van der Waals surface area (Å²) in [6, 6.07) is 7.24. The second-order valence-corrected chi connectivity index (χ2v) is 5.87. The Hall–Kier alpha value is -1.88. The minimum absolute atomic E-state index is 0.0984. The van der Waals surface area contributed by atoms with Gasteiger partial charge in [0.1, 0.15) is 0 Å². The summed E-state index contributed by atoms with van der Waals surface area (Å²) in [7, 11) is 0. The average Bonchev–Trinajstić information content (AvgIpc) is 2.93. The number of carbonyl (C=O) groups is 2. The Balaban J connectivity index is 1.97. The summed E-state index contributed by atoms with van der Waals surface area (Å²) in [5.74, 6) is 0.0628. The van der Waals surface area contributed by atoms with Crippen LogP contribution in [0.3, 0.4) is 0 Å². The lowest BCUT2D eigenvalue weighted by Gasteiger charge is -2.19. The molecule has 0 aromatic heterocycles. The molecular weight excluding hydrogens is 278 g/mol. The van der Waals surface area contributed by atoms with Gasteiger partial charge in [-0.05, 0) is 37.5 Å². The summed E-state index contributed by atoms with van der Waals surface area (Å²) in [4.78, 5) is 25.5. The summed E-state index contributed by atoms with van der Waals surface area (Å²) in [5, 5.41) is 2.93. The molecule has 2 unspecified atom stereocenters. The first kappa shape index (κ1) is 16.5.